The minimum absolute atomic E-state index is 0.706. The molecule has 4 heteroatoms. The van der Waals surface area contributed by atoms with E-state index in [1.807, 2.05) is 50.5 Å². The summed E-state index contributed by atoms with van der Waals surface area (Å²) in [5.74, 6) is 3.02. The van der Waals surface area contributed by atoms with E-state index in [0.717, 1.165) is 45.2 Å². The second-order valence-electron chi connectivity index (χ2n) is 7.03. The maximum atomic E-state index is 6.26. The summed E-state index contributed by atoms with van der Waals surface area (Å²) in [5.41, 5.74) is 5.36. The van der Waals surface area contributed by atoms with Crippen LogP contribution in [0.25, 0.3) is 11.3 Å². The zero-order valence-corrected chi connectivity index (χ0v) is 17.1. The van der Waals surface area contributed by atoms with Gasteiger partial charge in [0, 0.05) is 23.8 Å². The molecule has 2 aromatic carbocycles. The molecule has 0 aromatic heterocycles. The minimum Gasteiger partial charge on any atom is -0.497 e. The van der Waals surface area contributed by atoms with Gasteiger partial charge in [-0.2, -0.15) is 0 Å². The fraction of sp³-hybridized carbons (Fsp3) is 0.160. The first kappa shape index (κ1) is 18.8. The van der Waals surface area contributed by atoms with Crippen LogP contribution >= 0.6 is 0 Å². The van der Waals surface area contributed by atoms with Crippen LogP contribution in [-0.2, 0) is 0 Å². The van der Waals surface area contributed by atoms with Crippen LogP contribution in [-0.4, -0.2) is 38.6 Å². The van der Waals surface area contributed by atoms with Crippen molar-refractivity contribution in [3.8, 4) is 17.2 Å². The summed E-state index contributed by atoms with van der Waals surface area (Å²) in [7, 11) is 7.38. The molecular weight excluding hydrogens is 362 g/mol. The van der Waals surface area contributed by atoms with E-state index >= 15 is 0 Å². The van der Waals surface area contributed by atoms with Crippen LogP contribution in [0.5, 0.6) is 17.2 Å². The number of rotatable bonds is 3. The first-order valence-corrected chi connectivity index (χ1v) is 9.47. The fourth-order valence-electron chi connectivity index (χ4n) is 3.45. The van der Waals surface area contributed by atoms with Gasteiger partial charge in [0.1, 0.15) is 37.1 Å². The second-order valence-corrected chi connectivity index (χ2v) is 7.03. The molecule has 4 rings (SSSR count). The Hall–Kier alpha value is -3.53. The van der Waals surface area contributed by atoms with Crippen LogP contribution < -0.4 is 14.2 Å². The standard InChI is InChI=1S/C25H24NO3/c1-26(2)18-11-9-17(10-12-18)22-16-25(29-23-8-6-5-7-20(22)23)21-14-13-19(27-3)15-24(21)28-4/h5-16H,1-4H3/q+1. The predicted octanol–water partition coefficient (Wildman–Crippen LogP) is 4.73. The van der Waals surface area contributed by atoms with Crippen molar-refractivity contribution in [1.29, 1.82) is 0 Å². The van der Waals surface area contributed by atoms with Gasteiger partial charge in [-0.3, -0.25) is 0 Å². The number of nitrogens with zero attached hydrogens (tertiary/aromatic N) is 1. The van der Waals surface area contributed by atoms with E-state index in [-0.39, 0.29) is 0 Å². The van der Waals surface area contributed by atoms with E-state index in [0.29, 0.717) is 5.75 Å². The largest absolute Gasteiger partial charge is 0.497 e. The molecule has 0 saturated heterocycles. The van der Waals surface area contributed by atoms with Gasteiger partial charge in [-0.15, -0.1) is 0 Å². The maximum Gasteiger partial charge on any atom is 0.199 e. The van der Waals surface area contributed by atoms with Crippen molar-refractivity contribution < 1.29 is 18.8 Å². The Labute approximate surface area is 171 Å². The number of hydrogen-bond donors (Lipinski definition) is 0. The molecule has 4 nitrogen and oxygen atoms in total. The van der Waals surface area contributed by atoms with Gasteiger partial charge in [0.2, 0.25) is 0 Å². The lowest BCUT2D eigenvalue weighted by atomic mass is 9.92. The van der Waals surface area contributed by atoms with Crippen molar-refractivity contribution in [1.82, 2.24) is 0 Å². The van der Waals surface area contributed by atoms with E-state index < -0.39 is 0 Å². The van der Waals surface area contributed by atoms with Gasteiger partial charge in [0.25, 0.3) is 0 Å². The highest BCUT2D eigenvalue weighted by molar-refractivity contribution is 6.04. The number of para-hydroxylation sites is 1. The minimum atomic E-state index is 0.706. The van der Waals surface area contributed by atoms with Crippen LogP contribution in [0.1, 0.15) is 11.1 Å². The van der Waals surface area contributed by atoms with Gasteiger partial charge in [-0.25, -0.2) is 4.58 Å². The Bertz CT molecular complexity index is 1090. The zero-order chi connectivity index (χ0) is 20.4. The van der Waals surface area contributed by atoms with Crippen LogP contribution in [0, 0.1) is 0 Å². The molecule has 0 unspecified atom stereocenters. The van der Waals surface area contributed by atoms with Crippen molar-refractivity contribution in [3.05, 3.63) is 89.5 Å². The smallest absolute Gasteiger partial charge is 0.199 e. The summed E-state index contributed by atoms with van der Waals surface area (Å²) in [6.45, 7) is 0. The number of methoxy groups -OCH3 is 2. The summed E-state index contributed by atoms with van der Waals surface area (Å²) in [4.78, 5) is 0. The van der Waals surface area contributed by atoms with Crippen molar-refractivity contribution in [3.63, 3.8) is 0 Å². The molecule has 0 fully saturated rings. The molecule has 1 aliphatic carbocycles. The molecule has 0 radical (unpaired) electrons. The number of benzene rings is 2. The van der Waals surface area contributed by atoms with E-state index in [9.17, 15) is 0 Å². The highest BCUT2D eigenvalue weighted by atomic mass is 16.5. The lowest BCUT2D eigenvalue weighted by Gasteiger charge is -2.23. The van der Waals surface area contributed by atoms with Gasteiger partial charge in [0.15, 0.2) is 5.71 Å². The normalized spacial score (nSPS) is 14.9. The Balaban J connectivity index is 1.87. The van der Waals surface area contributed by atoms with Crippen molar-refractivity contribution in [2.24, 2.45) is 0 Å². The molecule has 0 saturated carbocycles. The molecule has 0 N–H and O–H groups in total. The predicted molar refractivity (Wildman–Crippen MR) is 117 cm³/mol. The molecule has 0 bridgehead atoms. The highest BCUT2D eigenvalue weighted by Gasteiger charge is 2.22. The van der Waals surface area contributed by atoms with Crippen molar-refractivity contribution in [2.45, 2.75) is 0 Å². The maximum absolute atomic E-state index is 6.26. The van der Waals surface area contributed by atoms with E-state index in [1.54, 1.807) is 14.2 Å². The van der Waals surface area contributed by atoms with Crippen molar-refractivity contribution in [2.75, 3.05) is 28.3 Å². The summed E-state index contributed by atoms with van der Waals surface area (Å²) >= 11 is 0. The summed E-state index contributed by atoms with van der Waals surface area (Å²) in [6.07, 6.45) is 10.6. The Morgan fingerprint density at radius 3 is 2.28 bits per heavy atom. The van der Waals surface area contributed by atoms with E-state index in [1.165, 1.54) is 0 Å². The molecule has 0 atom stereocenters. The molecule has 146 valence electrons. The lowest BCUT2D eigenvalue weighted by molar-refractivity contribution is -0.462. The molecule has 29 heavy (non-hydrogen) atoms. The van der Waals surface area contributed by atoms with Crippen molar-refractivity contribution >= 4 is 17.0 Å². The lowest BCUT2D eigenvalue weighted by Crippen LogP contribution is -2.10. The SMILES string of the molecule is COc1ccc(C2=CC(=C3C=CC(=[N+](C)C)C=C3)c3ccccc3O2)c(OC)c1. The third kappa shape index (κ3) is 3.61. The second kappa shape index (κ2) is 7.84. The van der Waals surface area contributed by atoms with Crippen LogP contribution in [0.2, 0.25) is 0 Å². The quantitative estimate of drug-likeness (QED) is 0.715. The molecule has 2 aliphatic rings. The molecule has 0 amide bonds. The first-order chi connectivity index (χ1) is 14.1. The Kier molecular flexibility index (Phi) is 5.09. The summed E-state index contributed by atoms with van der Waals surface area (Å²) < 4.78 is 19.3. The van der Waals surface area contributed by atoms with E-state index in [2.05, 4.69) is 41.0 Å². The van der Waals surface area contributed by atoms with Crippen LogP contribution in [0.15, 0.2) is 78.4 Å². The number of hydrogen-bond acceptors (Lipinski definition) is 3. The van der Waals surface area contributed by atoms with Gasteiger partial charge >= 0.3 is 0 Å². The average Bonchev–Trinajstić information content (AvgIpc) is 2.77. The van der Waals surface area contributed by atoms with Crippen LogP contribution in [0.4, 0.5) is 0 Å². The summed E-state index contributed by atoms with van der Waals surface area (Å²) in [6, 6.07) is 13.8. The molecule has 1 aliphatic heterocycles. The monoisotopic (exact) mass is 386 g/mol. The number of allylic oxidation sites excluding steroid dienone is 7. The van der Waals surface area contributed by atoms with Gasteiger partial charge in [-0.05, 0) is 47.6 Å². The van der Waals surface area contributed by atoms with E-state index in [4.69, 9.17) is 14.2 Å². The summed E-state index contributed by atoms with van der Waals surface area (Å²) in [5, 5.41) is 0. The van der Waals surface area contributed by atoms with Gasteiger partial charge < -0.3 is 14.2 Å². The topological polar surface area (TPSA) is 30.7 Å². The zero-order valence-electron chi connectivity index (χ0n) is 17.1. The first-order valence-electron chi connectivity index (χ1n) is 9.47. The molecular formula is C25H24NO3+. The molecule has 0 spiro atoms. The van der Waals surface area contributed by atoms with Crippen LogP contribution in [0.3, 0.4) is 0 Å². The Morgan fingerprint density at radius 2 is 1.59 bits per heavy atom. The van der Waals surface area contributed by atoms with Gasteiger partial charge in [0.05, 0.1) is 19.8 Å². The fourth-order valence-corrected chi connectivity index (χ4v) is 3.45. The number of ether oxygens (including phenoxy) is 3. The Morgan fingerprint density at radius 1 is 0.828 bits per heavy atom. The molecule has 2 aromatic rings. The third-order valence-corrected chi connectivity index (χ3v) is 5.04. The molecule has 1 heterocycles. The highest BCUT2D eigenvalue weighted by Crippen LogP contribution is 2.41. The number of fused-ring (bicyclic) bond motifs is 1. The third-order valence-electron chi connectivity index (χ3n) is 5.04. The van der Waals surface area contributed by atoms with Gasteiger partial charge in [-0.1, -0.05) is 18.2 Å². The average molecular weight is 386 g/mol.